The monoisotopic (exact) mass is 380 g/mol. The molecule has 0 aliphatic rings. The molecule has 0 spiro atoms. The van der Waals surface area contributed by atoms with Crippen molar-refractivity contribution in [3.8, 4) is 0 Å². The molecule has 2 aromatic carbocycles. The highest BCUT2D eigenvalue weighted by atomic mass is 16.2. The topological polar surface area (TPSA) is 49.4 Å². The third kappa shape index (κ3) is 6.84. The lowest BCUT2D eigenvalue weighted by Crippen LogP contribution is -2.47. The van der Waals surface area contributed by atoms with Crippen LogP contribution in [0, 0.1) is 6.92 Å². The molecule has 2 amide bonds. The molecule has 4 heteroatoms. The van der Waals surface area contributed by atoms with Gasteiger partial charge in [-0.15, -0.1) is 0 Å². The first-order valence-electron chi connectivity index (χ1n) is 10.2. The Morgan fingerprint density at radius 2 is 1.68 bits per heavy atom. The summed E-state index contributed by atoms with van der Waals surface area (Å²) in [6, 6.07) is 17.6. The number of aryl methyl sites for hydroxylation is 2. The predicted octanol–water partition coefficient (Wildman–Crippen LogP) is 4.26. The number of nitrogens with zero attached hydrogens (tertiary/aromatic N) is 1. The van der Waals surface area contributed by atoms with Crippen molar-refractivity contribution in [2.75, 3.05) is 6.54 Å². The van der Waals surface area contributed by atoms with Crippen molar-refractivity contribution < 1.29 is 9.59 Å². The Kier molecular flexibility index (Phi) is 8.73. The molecule has 1 N–H and O–H groups in total. The van der Waals surface area contributed by atoms with Gasteiger partial charge in [0.15, 0.2) is 0 Å². The summed E-state index contributed by atoms with van der Waals surface area (Å²) < 4.78 is 0. The molecule has 150 valence electrons. The first kappa shape index (κ1) is 21.7. The Morgan fingerprint density at radius 3 is 2.32 bits per heavy atom. The zero-order valence-electron chi connectivity index (χ0n) is 17.3. The largest absolute Gasteiger partial charge is 0.354 e. The van der Waals surface area contributed by atoms with Crippen molar-refractivity contribution in [1.29, 1.82) is 0 Å². The molecule has 0 aliphatic heterocycles. The predicted molar refractivity (Wildman–Crippen MR) is 114 cm³/mol. The second-order valence-corrected chi connectivity index (χ2v) is 7.31. The number of amides is 2. The van der Waals surface area contributed by atoms with Crippen LogP contribution in [0.1, 0.15) is 49.8 Å². The zero-order chi connectivity index (χ0) is 20.4. The van der Waals surface area contributed by atoms with E-state index in [0.717, 1.165) is 24.0 Å². The van der Waals surface area contributed by atoms with Gasteiger partial charge in [0.1, 0.15) is 6.04 Å². The molecule has 0 fully saturated rings. The van der Waals surface area contributed by atoms with E-state index in [0.29, 0.717) is 25.9 Å². The summed E-state index contributed by atoms with van der Waals surface area (Å²) in [7, 11) is 0. The van der Waals surface area contributed by atoms with Gasteiger partial charge in [0.25, 0.3) is 0 Å². The van der Waals surface area contributed by atoms with Crippen molar-refractivity contribution in [1.82, 2.24) is 10.2 Å². The summed E-state index contributed by atoms with van der Waals surface area (Å²) in [6.07, 6.45) is 3.04. The SMILES string of the molecule is CCCCNC(=O)C(C)N(Cc1ccccc1)C(=O)CCc1ccc(C)cc1. The van der Waals surface area contributed by atoms with Crippen LogP contribution < -0.4 is 5.32 Å². The van der Waals surface area contributed by atoms with Gasteiger partial charge in [0.2, 0.25) is 11.8 Å². The van der Waals surface area contributed by atoms with Gasteiger partial charge in [-0.25, -0.2) is 0 Å². The fourth-order valence-electron chi connectivity index (χ4n) is 3.05. The second-order valence-electron chi connectivity index (χ2n) is 7.31. The molecule has 2 rings (SSSR count). The number of rotatable bonds is 10. The molecule has 0 saturated carbocycles. The fraction of sp³-hybridized carbons (Fsp3) is 0.417. The van der Waals surface area contributed by atoms with Gasteiger partial charge in [-0.1, -0.05) is 73.5 Å². The average molecular weight is 381 g/mol. The van der Waals surface area contributed by atoms with Gasteiger partial charge in [-0.05, 0) is 37.8 Å². The van der Waals surface area contributed by atoms with Crippen LogP contribution in [0.3, 0.4) is 0 Å². The summed E-state index contributed by atoms with van der Waals surface area (Å²) in [5.41, 5.74) is 3.37. The molecule has 1 unspecified atom stereocenters. The van der Waals surface area contributed by atoms with Crippen molar-refractivity contribution in [2.24, 2.45) is 0 Å². The maximum absolute atomic E-state index is 13.0. The van der Waals surface area contributed by atoms with Crippen molar-refractivity contribution in [3.05, 3.63) is 71.3 Å². The maximum atomic E-state index is 13.0. The molecule has 0 radical (unpaired) electrons. The second kappa shape index (κ2) is 11.3. The normalized spacial score (nSPS) is 11.7. The molecule has 0 aromatic heterocycles. The smallest absolute Gasteiger partial charge is 0.242 e. The Morgan fingerprint density at radius 1 is 1.00 bits per heavy atom. The van der Waals surface area contributed by atoms with Gasteiger partial charge in [-0.2, -0.15) is 0 Å². The minimum Gasteiger partial charge on any atom is -0.354 e. The van der Waals surface area contributed by atoms with Crippen molar-refractivity contribution in [3.63, 3.8) is 0 Å². The lowest BCUT2D eigenvalue weighted by Gasteiger charge is -2.29. The molecular weight excluding hydrogens is 348 g/mol. The van der Waals surface area contributed by atoms with Crippen LogP contribution in [0.25, 0.3) is 0 Å². The van der Waals surface area contributed by atoms with Gasteiger partial charge in [0.05, 0.1) is 0 Å². The molecule has 0 heterocycles. The van der Waals surface area contributed by atoms with E-state index in [4.69, 9.17) is 0 Å². The average Bonchev–Trinajstić information content (AvgIpc) is 2.71. The first-order chi connectivity index (χ1) is 13.5. The number of unbranched alkanes of at least 4 members (excludes halogenated alkanes) is 1. The molecule has 4 nitrogen and oxygen atoms in total. The van der Waals surface area contributed by atoms with E-state index in [1.54, 1.807) is 4.90 Å². The lowest BCUT2D eigenvalue weighted by atomic mass is 10.1. The highest BCUT2D eigenvalue weighted by Crippen LogP contribution is 2.13. The number of hydrogen-bond donors (Lipinski definition) is 1. The van der Waals surface area contributed by atoms with Gasteiger partial charge >= 0.3 is 0 Å². The maximum Gasteiger partial charge on any atom is 0.242 e. The van der Waals surface area contributed by atoms with Gasteiger partial charge < -0.3 is 10.2 Å². The fourth-order valence-corrected chi connectivity index (χ4v) is 3.05. The number of nitrogens with one attached hydrogen (secondary N) is 1. The Labute approximate surface area is 169 Å². The Balaban J connectivity index is 2.06. The highest BCUT2D eigenvalue weighted by molar-refractivity contribution is 5.87. The highest BCUT2D eigenvalue weighted by Gasteiger charge is 2.25. The summed E-state index contributed by atoms with van der Waals surface area (Å²) in [6.45, 7) is 7.04. The molecule has 1 atom stereocenters. The lowest BCUT2D eigenvalue weighted by molar-refractivity contribution is -0.140. The Bertz CT molecular complexity index is 741. The standard InChI is InChI=1S/C24H32N2O2/c1-4-5-17-25-24(28)20(3)26(18-22-9-7-6-8-10-22)23(27)16-15-21-13-11-19(2)12-14-21/h6-14,20H,4-5,15-18H2,1-3H3,(H,25,28). The molecular formula is C24H32N2O2. The van der Waals surface area contributed by atoms with E-state index < -0.39 is 6.04 Å². The summed E-state index contributed by atoms with van der Waals surface area (Å²) in [5.74, 6) is -0.0874. The molecule has 0 aliphatic carbocycles. The van der Waals surface area contributed by atoms with E-state index >= 15 is 0 Å². The van der Waals surface area contributed by atoms with Crippen LogP contribution in [-0.4, -0.2) is 29.3 Å². The van der Waals surface area contributed by atoms with Crippen LogP contribution in [-0.2, 0) is 22.6 Å². The number of benzene rings is 2. The quantitative estimate of drug-likeness (QED) is 0.626. The molecule has 2 aromatic rings. The van der Waals surface area contributed by atoms with Gasteiger partial charge in [-0.3, -0.25) is 9.59 Å². The van der Waals surface area contributed by atoms with E-state index in [9.17, 15) is 9.59 Å². The van der Waals surface area contributed by atoms with Crippen LogP contribution in [0.15, 0.2) is 54.6 Å². The van der Waals surface area contributed by atoms with Crippen LogP contribution in [0.4, 0.5) is 0 Å². The number of carbonyl (C=O) groups excluding carboxylic acids is 2. The van der Waals surface area contributed by atoms with Crippen LogP contribution >= 0.6 is 0 Å². The van der Waals surface area contributed by atoms with E-state index in [1.807, 2.05) is 37.3 Å². The summed E-state index contributed by atoms with van der Waals surface area (Å²) in [5, 5.41) is 2.95. The third-order valence-corrected chi connectivity index (χ3v) is 4.94. The van der Waals surface area contributed by atoms with Crippen LogP contribution in [0.2, 0.25) is 0 Å². The minimum atomic E-state index is -0.498. The van der Waals surface area contributed by atoms with E-state index in [-0.39, 0.29) is 11.8 Å². The van der Waals surface area contributed by atoms with E-state index in [2.05, 4.69) is 43.4 Å². The summed E-state index contributed by atoms with van der Waals surface area (Å²) in [4.78, 5) is 27.3. The molecule has 0 saturated heterocycles. The third-order valence-electron chi connectivity index (χ3n) is 4.94. The minimum absolute atomic E-state index is 0.00238. The zero-order valence-corrected chi connectivity index (χ0v) is 17.3. The first-order valence-corrected chi connectivity index (χ1v) is 10.2. The van der Waals surface area contributed by atoms with Crippen LogP contribution in [0.5, 0.6) is 0 Å². The molecule has 28 heavy (non-hydrogen) atoms. The van der Waals surface area contributed by atoms with Gasteiger partial charge in [0, 0.05) is 19.5 Å². The Hall–Kier alpha value is -2.62. The van der Waals surface area contributed by atoms with Crippen molar-refractivity contribution in [2.45, 2.75) is 59.0 Å². The number of carbonyl (C=O) groups is 2. The number of hydrogen-bond acceptors (Lipinski definition) is 2. The summed E-state index contributed by atoms with van der Waals surface area (Å²) >= 11 is 0. The van der Waals surface area contributed by atoms with E-state index in [1.165, 1.54) is 5.56 Å². The molecule has 0 bridgehead atoms. The van der Waals surface area contributed by atoms with Crippen molar-refractivity contribution >= 4 is 11.8 Å².